The lowest BCUT2D eigenvalue weighted by Crippen LogP contribution is -2.48. The molecule has 5 heteroatoms. The van der Waals surface area contributed by atoms with E-state index < -0.39 is 11.9 Å². The Balaban J connectivity index is 1.72. The van der Waals surface area contributed by atoms with Crippen LogP contribution in [0, 0.1) is 5.92 Å². The Morgan fingerprint density at radius 1 is 1.22 bits per heavy atom. The molecule has 0 saturated carbocycles. The van der Waals surface area contributed by atoms with E-state index in [0.717, 1.165) is 16.3 Å². The number of benzene rings is 2. The maximum Gasteiger partial charge on any atom is 0.240 e. The van der Waals surface area contributed by atoms with Gasteiger partial charge in [-0.05, 0) is 22.8 Å². The zero-order valence-electron chi connectivity index (χ0n) is 12.8. The molecule has 1 aliphatic heterocycles. The highest BCUT2D eigenvalue weighted by Crippen LogP contribution is 2.17. The van der Waals surface area contributed by atoms with Crippen molar-refractivity contribution in [3.8, 4) is 0 Å². The van der Waals surface area contributed by atoms with Gasteiger partial charge in [0.2, 0.25) is 11.8 Å². The molecule has 1 saturated heterocycles. The van der Waals surface area contributed by atoms with Crippen molar-refractivity contribution in [2.45, 2.75) is 18.9 Å². The summed E-state index contributed by atoms with van der Waals surface area (Å²) in [6.07, 6.45) is 1.08. The molecule has 5 nitrogen and oxygen atoms in total. The summed E-state index contributed by atoms with van der Waals surface area (Å²) in [6, 6.07) is 13.3. The molecule has 2 atom stereocenters. The van der Waals surface area contributed by atoms with Crippen LogP contribution in [0.2, 0.25) is 0 Å². The van der Waals surface area contributed by atoms with Crippen LogP contribution in [0.5, 0.6) is 0 Å². The first kappa shape index (κ1) is 15.5. The second-order valence-electron chi connectivity index (χ2n) is 5.91. The van der Waals surface area contributed by atoms with Gasteiger partial charge in [-0.2, -0.15) is 0 Å². The van der Waals surface area contributed by atoms with Gasteiger partial charge in [-0.3, -0.25) is 9.59 Å². The fourth-order valence-electron chi connectivity index (χ4n) is 2.86. The molecule has 0 radical (unpaired) electrons. The van der Waals surface area contributed by atoms with E-state index in [2.05, 4.69) is 5.32 Å². The van der Waals surface area contributed by atoms with E-state index in [0.29, 0.717) is 26.1 Å². The van der Waals surface area contributed by atoms with Crippen molar-refractivity contribution >= 4 is 22.6 Å². The molecular formula is C18H20N2O3. The predicted molar refractivity (Wildman–Crippen MR) is 87.7 cm³/mol. The van der Waals surface area contributed by atoms with Gasteiger partial charge in [0.1, 0.15) is 6.04 Å². The molecule has 1 fully saturated rings. The van der Waals surface area contributed by atoms with Gasteiger partial charge in [-0.15, -0.1) is 0 Å². The van der Waals surface area contributed by atoms with Crippen molar-refractivity contribution < 1.29 is 14.3 Å². The molecule has 1 aliphatic rings. The van der Waals surface area contributed by atoms with Gasteiger partial charge in [0, 0.05) is 13.0 Å². The molecule has 3 rings (SSSR count). The topological polar surface area (TPSA) is 81.4 Å². The van der Waals surface area contributed by atoms with Crippen LogP contribution in [0.4, 0.5) is 0 Å². The molecule has 120 valence electrons. The molecule has 0 bridgehead atoms. The largest absolute Gasteiger partial charge is 0.381 e. The summed E-state index contributed by atoms with van der Waals surface area (Å²) >= 11 is 0. The number of fused-ring (bicyclic) bond motifs is 1. The number of hydrogen-bond donors (Lipinski definition) is 2. The standard InChI is InChI=1S/C18H20N2O3/c19-17(21)16(20-18(22)15-7-8-23-11-15)10-12-5-6-13-3-1-2-4-14(13)9-12/h1-6,9,15-16H,7-8,10-11H2,(H2,19,21)(H,20,22)/t15-,16+/m0/s1. The Morgan fingerprint density at radius 2 is 2.00 bits per heavy atom. The van der Waals surface area contributed by atoms with Crippen molar-refractivity contribution in [1.29, 1.82) is 0 Å². The number of ether oxygens (including phenoxy) is 1. The fourth-order valence-corrected chi connectivity index (χ4v) is 2.86. The van der Waals surface area contributed by atoms with Crippen LogP contribution in [0.3, 0.4) is 0 Å². The SMILES string of the molecule is NC(=O)[C@@H](Cc1ccc2ccccc2c1)NC(=O)[C@H]1CCOC1. The molecule has 2 aromatic rings. The number of carbonyl (C=O) groups excluding carboxylic acids is 2. The van der Waals surface area contributed by atoms with Crippen molar-refractivity contribution in [2.24, 2.45) is 11.7 Å². The molecule has 2 aromatic carbocycles. The van der Waals surface area contributed by atoms with Gasteiger partial charge in [0.25, 0.3) is 0 Å². The molecular weight excluding hydrogens is 292 g/mol. The Hall–Kier alpha value is -2.40. The molecule has 0 aromatic heterocycles. The minimum Gasteiger partial charge on any atom is -0.381 e. The van der Waals surface area contributed by atoms with Gasteiger partial charge in [0.05, 0.1) is 12.5 Å². The minimum atomic E-state index is -0.704. The van der Waals surface area contributed by atoms with Crippen LogP contribution < -0.4 is 11.1 Å². The van der Waals surface area contributed by atoms with Crippen LogP contribution in [0.25, 0.3) is 10.8 Å². The third kappa shape index (κ3) is 3.68. The zero-order valence-corrected chi connectivity index (χ0v) is 12.8. The number of rotatable bonds is 5. The van der Waals surface area contributed by atoms with Crippen molar-refractivity contribution in [1.82, 2.24) is 5.32 Å². The maximum atomic E-state index is 12.2. The van der Waals surface area contributed by atoms with Gasteiger partial charge in [0.15, 0.2) is 0 Å². The van der Waals surface area contributed by atoms with Crippen LogP contribution in [0.1, 0.15) is 12.0 Å². The van der Waals surface area contributed by atoms with Crippen LogP contribution in [0.15, 0.2) is 42.5 Å². The van der Waals surface area contributed by atoms with Gasteiger partial charge in [-0.1, -0.05) is 42.5 Å². The summed E-state index contributed by atoms with van der Waals surface area (Å²) in [5.74, 6) is -0.869. The average Bonchev–Trinajstić information content (AvgIpc) is 3.08. The van der Waals surface area contributed by atoms with Gasteiger partial charge < -0.3 is 15.8 Å². The van der Waals surface area contributed by atoms with E-state index in [1.165, 1.54) is 0 Å². The normalized spacial score (nSPS) is 18.7. The third-order valence-electron chi connectivity index (χ3n) is 4.21. The van der Waals surface area contributed by atoms with Gasteiger partial charge in [-0.25, -0.2) is 0 Å². The van der Waals surface area contributed by atoms with Crippen molar-refractivity contribution in [2.75, 3.05) is 13.2 Å². The number of amides is 2. The maximum absolute atomic E-state index is 12.2. The number of nitrogens with two attached hydrogens (primary N) is 1. The van der Waals surface area contributed by atoms with Crippen LogP contribution in [-0.4, -0.2) is 31.1 Å². The minimum absolute atomic E-state index is 0.160. The highest BCUT2D eigenvalue weighted by molar-refractivity contribution is 5.88. The molecule has 3 N–H and O–H groups in total. The molecule has 0 spiro atoms. The highest BCUT2D eigenvalue weighted by atomic mass is 16.5. The molecule has 2 amide bonds. The third-order valence-corrected chi connectivity index (χ3v) is 4.21. The fraction of sp³-hybridized carbons (Fsp3) is 0.333. The lowest BCUT2D eigenvalue weighted by molar-refractivity contribution is -0.129. The summed E-state index contributed by atoms with van der Waals surface area (Å²) < 4.78 is 5.21. The van der Waals surface area contributed by atoms with Crippen LogP contribution in [-0.2, 0) is 20.7 Å². The Kier molecular flexibility index (Phi) is 4.57. The lowest BCUT2D eigenvalue weighted by atomic mass is 10.0. The predicted octanol–water partition coefficient (Wildman–Crippen LogP) is 1.39. The van der Waals surface area contributed by atoms with E-state index in [4.69, 9.17) is 10.5 Å². The molecule has 0 unspecified atom stereocenters. The summed E-state index contributed by atoms with van der Waals surface area (Å²) in [6.45, 7) is 0.997. The number of nitrogens with one attached hydrogen (secondary N) is 1. The first-order valence-electron chi connectivity index (χ1n) is 7.78. The van der Waals surface area contributed by atoms with E-state index in [9.17, 15) is 9.59 Å². The second kappa shape index (κ2) is 6.79. The summed E-state index contributed by atoms with van der Waals surface area (Å²) in [5, 5.41) is 5.00. The molecule has 23 heavy (non-hydrogen) atoms. The first-order chi connectivity index (χ1) is 11.1. The van der Waals surface area contributed by atoms with E-state index in [-0.39, 0.29) is 11.8 Å². The van der Waals surface area contributed by atoms with Crippen molar-refractivity contribution in [3.05, 3.63) is 48.0 Å². The number of hydrogen-bond acceptors (Lipinski definition) is 3. The van der Waals surface area contributed by atoms with E-state index in [1.807, 2.05) is 42.5 Å². The molecule has 0 aliphatic carbocycles. The Bertz CT molecular complexity index is 723. The quantitative estimate of drug-likeness (QED) is 0.875. The second-order valence-corrected chi connectivity index (χ2v) is 5.91. The average molecular weight is 312 g/mol. The first-order valence-corrected chi connectivity index (χ1v) is 7.78. The highest BCUT2D eigenvalue weighted by Gasteiger charge is 2.27. The van der Waals surface area contributed by atoms with Gasteiger partial charge >= 0.3 is 0 Å². The van der Waals surface area contributed by atoms with E-state index in [1.54, 1.807) is 0 Å². The molecule has 1 heterocycles. The summed E-state index contributed by atoms with van der Waals surface area (Å²) in [4.78, 5) is 23.9. The Labute approximate surface area is 134 Å². The summed E-state index contributed by atoms with van der Waals surface area (Å²) in [5.41, 5.74) is 6.43. The number of carbonyl (C=O) groups is 2. The summed E-state index contributed by atoms with van der Waals surface area (Å²) in [7, 11) is 0. The monoisotopic (exact) mass is 312 g/mol. The lowest BCUT2D eigenvalue weighted by Gasteiger charge is -2.18. The van der Waals surface area contributed by atoms with Crippen molar-refractivity contribution in [3.63, 3.8) is 0 Å². The zero-order chi connectivity index (χ0) is 16.2. The number of primary amides is 1. The smallest absolute Gasteiger partial charge is 0.240 e. The van der Waals surface area contributed by atoms with E-state index >= 15 is 0 Å². The van der Waals surface area contributed by atoms with Crippen LogP contribution >= 0.6 is 0 Å². The Morgan fingerprint density at radius 3 is 2.70 bits per heavy atom.